The van der Waals surface area contributed by atoms with Crippen molar-refractivity contribution in [1.82, 2.24) is 24.9 Å². The van der Waals surface area contributed by atoms with Crippen molar-refractivity contribution in [3.63, 3.8) is 0 Å². The molecule has 0 aliphatic rings. The van der Waals surface area contributed by atoms with Crippen molar-refractivity contribution in [3.05, 3.63) is 34.3 Å². The average molecular weight is 312 g/mol. The SMILES string of the molecule is CCn1nc(C)c(Br)c1CNCCn1cccn1. The summed E-state index contributed by atoms with van der Waals surface area (Å²) in [7, 11) is 0. The highest BCUT2D eigenvalue weighted by Gasteiger charge is 2.10. The Balaban J connectivity index is 1.86. The molecule has 0 aromatic carbocycles. The highest BCUT2D eigenvalue weighted by Crippen LogP contribution is 2.20. The molecule has 0 spiro atoms. The van der Waals surface area contributed by atoms with Gasteiger partial charge in [0.1, 0.15) is 0 Å². The number of halogens is 1. The molecule has 2 heterocycles. The third kappa shape index (κ3) is 3.00. The maximum Gasteiger partial charge on any atom is 0.0739 e. The van der Waals surface area contributed by atoms with Crippen molar-refractivity contribution in [1.29, 1.82) is 0 Å². The standard InChI is InChI=1S/C12H18BrN5/c1-3-18-11(12(13)10(2)16-18)9-14-6-8-17-7-4-5-15-17/h4-5,7,14H,3,6,8-9H2,1-2H3. The lowest BCUT2D eigenvalue weighted by Crippen LogP contribution is -2.21. The second-order valence-electron chi connectivity index (χ2n) is 4.11. The van der Waals surface area contributed by atoms with Gasteiger partial charge in [0.15, 0.2) is 0 Å². The van der Waals surface area contributed by atoms with E-state index in [2.05, 4.69) is 38.4 Å². The highest BCUT2D eigenvalue weighted by molar-refractivity contribution is 9.10. The van der Waals surface area contributed by atoms with Crippen LogP contribution in [0.25, 0.3) is 0 Å². The number of aromatic nitrogens is 4. The molecule has 2 aromatic rings. The molecule has 0 bridgehead atoms. The molecule has 1 N–H and O–H groups in total. The van der Waals surface area contributed by atoms with E-state index >= 15 is 0 Å². The Bertz CT molecular complexity index is 489. The maximum absolute atomic E-state index is 4.47. The predicted molar refractivity (Wildman–Crippen MR) is 74.3 cm³/mol. The quantitative estimate of drug-likeness (QED) is 0.830. The molecular weight excluding hydrogens is 294 g/mol. The molecule has 2 aromatic heterocycles. The maximum atomic E-state index is 4.47. The Kier molecular flexibility index (Phi) is 4.54. The van der Waals surface area contributed by atoms with Gasteiger partial charge in [0.2, 0.25) is 0 Å². The van der Waals surface area contributed by atoms with E-state index in [1.165, 1.54) is 5.69 Å². The van der Waals surface area contributed by atoms with Crippen LogP contribution in [0.2, 0.25) is 0 Å². The minimum atomic E-state index is 0.816. The van der Waals surface area contributed by atoms with Crippen molar-refractivity contribution in [2.24, 2.45) is 0 Å². The van der Waals surface area contributed by atoms with E-state index in [0.717, 1.165) is 36.3 Å². The molecular formula is C12H18BrN5. The number of nitrogens with one attached hydrogen (secondary N) is 1. The first-order valence-corrected chi connectivity index (χ1v) is 6.91. The molecule has 0 saturated heterocycles. The summed E-state index contributed by atoms with van der Waals surface area (Å²) in [4.78, 5) is 0. The molecule has 0 atom stereocenters. The third-order valence-electron chi connectivity index (χ3n) is 2.82. The first-order valence-electron chi connectivity index (χ1n) is 6.12. The molecule has 0 aliphatic heterocycles. The zero-order valence-corrected chi connectivity index (χ0v) is 12.3. The van der Waals surface area contributed by atoms with Crippen LogP contribution < -0.4 is 5.32 Å². The number of rotatable bonds is 6. The van der Waals surface area contributed by atoms with E-state index in [9.17, 15) is 0 Å². The van der Waals surface area contributed by atoms with E-state index in [0.29, 0.717) is 0 Å². The van der Waals surface area contributed by atoms with Gasteiger partial charge >= 0.3 is 0 Å². The van der Waals surface area contributed by atoms with Crippen molar-refractivity contribution in [2.45, 2.75) is 33.5 Å². The molecule has 2 rings (SSSR count). The lowest BCUT2D eigenvalue weighted by Gasteiger charge is -2.07. The van der Waals surface area contributed by atoms with E-state index in [4.69, 9.17) is 0 Å². The van der Waals surface area contributed by atoms with Crippen molar-refractivity contribution < 1.29 is 0 Å². The molecule has 6 heteroatoms. The van der Waals surface area contributed by atoms with Crippen LogP contribution in [-0.4, -0.2) is 26.1 Å². The lowest BCUT2D eigenvalue weighted by molar-refractivity contribution is 0.530. The van der Waals surface area contributed by atoms with Crippen LogP contribution in [0.3, 0.4) is 0 Å². The Hall–Kier alpha value is -1.14. The summed E-state index contributed by atoms with van der Waals surface area (Å²) in [6.07, 6.45) is 3.77. The van der Waals surface area contributed by atoms with Gasteiger partial charge in [-0.05, 0) is 35.8 Å². The van der Waals surface area contributed by atoms with Gasteiger partial charge in [0, 0.05) is 32.0 Å². The van der Waals surface area contributed by atoms with E-state index in [-0.39, 0.29) is 0 Å². The first-order chi connectivity index (χ1) is 8.72. The molecule has 0 amide bonds. The summed E-state index contributed by atoms with van der Waals surface area (Å²) in [5, 5.41) is 12.1. The highest BCUT2D eigenvalue weighted by atomic mass is 79.9. The largest absolute Gasteiger partial charge is 0.309 e. The minimum absolute atomic E-state index is 0.816. The number of aryl methyl sites for hydroxylation is 2. The van der Waals surface area contributed by atoms with Gasteiger partial charge in [-0.3, -0.25) is 9.36 Å². The number of hydrogen-bond donors (Lipinski definition) is 1. The fourth-order valence-electron chi connectivity index (χ4n) is 1.87. The van der Waals surface area contributed by atoms with Crippen molar-refractivity contribution in [2.75, 3.05) is 6.54 Å². The Morgan fingerprint density at radius 2 is 2.28 bits per heavy atom. The Labute approximate surface area is 115 Å². The summed E-state index contributed by atoms with van der Waals surface area (Å²) in [6.45, 7) is 7.60. The number of hydrogen-bond acceptors (Lipinski definition) is 3. The smallest absolute Gasteiger partial charge is 0.0739 e. The van der Waals surface area contributed by atoms with Crippen LogP contribution in [-0.2, 0) is 19.6 Å². The molecule has 0 aliphatic carbocycles. The summed E-state index contributed by atoms with van der Waals surface area (Å²) >= 11 is 3.59. The van der Waals surface area contributed by atoms with Gasteiger partial charge in [-0.15, -0.1) is 0 Å². The topological polar surface area (TPSA) is 47.7 Å². The van der Waals surface area contributed by atoms with Crippen LogP contribution >= 0.6 is 15.9 Å². The summed E-state index contributed by atoms with van der Waals surface area (Å²) in [6, 6.07) is 1.94. The van der Waals surface area contributed by atoms with Crippen LogP contribution in [0.1, 0.15) is 18.3 Å². The van der Waals surface area contributed by atoms with Gasteiger partial charge in [0.05, 0.1) is 22.4 Å². The molecule has 18 heavy (non-hydrogen) atoms. The third-order valence-corrected chi connectivity index (χ3v) is 3.85. The lowest BCUT2D eigenvalue weighted by atomic mass is 10.3. The zero-order valence-electron chi connectivity index (χ0n) is 10.7. The predicted octanol–water partition coefficient (Wildman–Crippen LogP) is 1.96. The molecule has 5 nitrogen and oxygen atoms in total. The molecule has 0 saturated carbocycles. The summed E-state index contributed by atoms with van der Waals surface area (Å²) in [5.74, 6) is 0. The van der Waals surface area contributed by atoms with E-state index in [1.54, 1.807) is 6.20 Å². The molecule has 0 fully saturated rings. The van der Waals surface area contributed by atoms with E-state index in [1.807, 2.05) is 28.6 Å². The van der Waals surface area contributed by atoms with Crippen LogP contribution in [0.4, 0.5) is 0 Å². The fraction of sp³-hybridized carbons (Fsp3) is 0.500. The first kappa shape index (κ1) is 13.3. The summed E-state index contributed by atoms with van der Waals surface area (Å²) in [5.41, 5.74) is 2.25. The fourth-order valence-corrected chi connectivity index (χ4v) is 2.30. The van der Waals surface area contributed by atoms with Gasteiger partial charge < -0.3 is 5.32 Å². The minimum Gasteiger partial charge on any atom is -0.309 e. The van der Waals surface area contributed by atoms with Gasteiger partial charge in [-0.2, -0.15) is 10.2 Å². The summed E-state index contributed by atoms with van der Waals surface area (Å²) < 4.78 is 5.06. The molecule has 0 unspecified atom stereocenters. The monoisotopic (exact) mass is 311 g/mol. The molecule has 0 radical (unpaired) electrons. The number of nitrogens with zero attached hydrogens (tertiary/aromatic N) is 4. The average Bonchev–Trinajstić information content (AvgIpc) is 2.96. The van der Waals surface area contributed by atoms with Crippen molar-refractivity contribution >= 4 is 15.9 Å². The second kappa shape index (κ2) is 6.15. The van der Waals surface area contributed by atoms with Gasteiger partial charge in [-0.1, -0.05) is 0 Å². The normalized spacial score (nSPS) is 11.1. The van der Waals surface area contributed by atoms with E-state index < -0.39 is 0 Å². The zero-order chi connectivity index (χ0) is 13.0. The molecule has 98 valence electrons. The second-order valence-corrected chi connectivity index (χ2v) is 4.90. The van der Waals surface area contributed by atoms with Crippen LogP contribution in [0.15, 0.2) is 22.9 Å². The van der Waals surface area contributed by atoms with Gasteiger partial charge in [0.25, 0.3) is 0 Å². The van der Waals surface area contributed by atoms with Gasteiger partial charge in [-0.25, -0.2) is 0 Å². The Morgan fingerprint density at radius 1 is 1.44 bits per heavy atom. The van der Waals surface area contributed by atoms with Crippen molar-refractivity contribution in [3.8, 4) is 0 Å². The van der Waals surface area contributed by atoms with Crippen LogP contribution in [0.5, 0.6) is 0 Å². The van der Waals surface area contributed by atoms with Crippen LogP contribution in [0, 0.1) is 6.92 Å². The Morgan fingerprint density at radius 3 is 2.94 bits per heavy atom.